The molecule has 2 amide bonds. The molecule has 1 atom stereocenters. The van der Waals surface area contributed by atoms with Crippen LogP contribution < -0.4 is 10.6 Å². The Hall–Kier alpha value is -2.15. The van der Waals surface area contributed by atoms with Gasteiger partial charge in [0.05, 0.1) is 16.2 Å². The number of amides is 2. The quantitative estimate of drug-likeness (QED) is 0.538. The van der Waals surface area contributed by atoms with Gasteiger partial charge in [-0.05, 0) is 44.6 Å². The molecule has 1 aromatic carbocycles. The Morgan fingerprint density at radius 1 is 1.32 bits per heavy atom. The van der Waals surface area contributed by atoms with Crippen LogP contribution >= 0.6 is 0 Å². The van der Waals surface area contributed by atoms with Crippen LogP contribution in [0.5, 0.6) is 0 Å². The number of nitro benzene ring substituents is 1. The number of hydrogen-bond acceptors (Lipinski definition) is 4. The molecule has 7 heteroatoms. The molecular weight excluding hydrogens is 322 g/mol. The first-order valence-electron chi connectivity index (χ1n) is 8.87. The summed E-state index contributed by atoms with van der Waals surface area (Å²) in [5.41, 5.74) is 1.67. The van der Waals surface area contributed by atoms with E-state index >= 15 is 0 Å². The third-order valence-electron chi connectivity index (χ3n) is 5.06. The molecule has 3 N–H and O–H groups in total. The number of aliphatic hydroxyl groups excluding tert-OH is 1. The molecular formula is C18H27N3O4. The molecule has 1 aromatic rings. The van der Waals surface area contributed by atoms with E-state index in [2.05, 4.69) is 10.6 Å². The summed E-state index contributed by atoms with van der Waals surface area (Å²) < 4.78 is 0. The molecule has 1 aliphatic rings. The van der Waals surface area contributed by atoms with E-state index in [9.17, 15) is 20.0 Å². The Bertz CT molecular complexity index is 627. The van der Waals surface area contributed by atoms with Gasteiger partial charge < -0.3 is 15.7 Å². The first-order chi connectivity index (χ1) is 11.9. The molecule has 7 nitrogen and oxygen atoms in total. The summed E-state index contributed by atoms with van der Waals surface area (Å²) in [7, 11) is 0. The zero-order valence-electron chi connectivity index (χ0n) is 14.9. The van der Waals surface area contributed by atoms with Gasteiger partial charge in [0.1, 0.15) is 0 Å². The van der Waals surface area contributed by atoms with E-state index in [0.717, 1.165) is 31.2 Å². The van der Waals surface area contributed by atoms with Crippen LogP contribution in [0.2, 0.25) is 0 Å². The van der Waals surface area contributed by atoms with E-state index < -0.39 is 4.92 Å². The van der Waals surface area contributed by atoms with Crippen LogP contribution in [0.3, 0.4) is 0 Å². The number of urea groups is 1. The Labute approximate surface area is 148 Å². The van der Waals surface area contributed by atoms with Crippen LogP contribution in [-0.4, -0.2) is 28.7 Å². The van der Waals surface area contributed by atoms with Crippen molar-refractivity contribution in [3.8, 4) is 0 Å². The number of carbonyl (C=O) groups is 1. The maximum atomic E-state index is 12.5. The Morgan fingerprint density at radius 3 is 2.60 bits per heavy atom. The summed E-state index contributed by atoms with van der Waals surface area (Å²) in [6.07, 6.45) is 6.16. The zero-order chi connectivity index (χ0) is 18.4. The maximum absolute atomic E-state index is 12.5. The predicted molar refractivity (Wildman–Crippen MR) is 96.8 cm³/mol. The first-order valence-corrected chi connectivity index (χ1v) is 8.87. The third-order valence-corrected chi connectivity index (χ3v) is 5.06. The van der Waals surface area contributed by atoms with Crippen molar-refractivity contribution in [2.45, 2.75) is 58.4 Å². The topological polar surface area (TPSA) is 105 Å². The smallest absolute Gasteiger partial charge is 0.319 e. The minimum Gasteiger partial charge on any atom is -0.396 e. The summed E-state index contributed by atoms with van der Waals surface area (Å²) in [5, 5.41) is 26.1. The average molecular weight is 349 g/mol. The summed E-state index contributed by atoms with van der Waals surface area (Å²) in [6, 6.07) is 2.62. The molecule has 0 aliphatic heterocycles. The van der Waals surface area contributed by atoms with Crippen molar-refractivity contribution in [1.29, 1.82) is 0 Å². The third kappa shape index (κ3) is 4.92. The van der Waals surface area contributed by atoms with E-state index in [0.29, 0.717) is 23.6 Å². The van der Waals surface area contributed by atoms with Crippen LogP contribution in [0, 0.1) is 29.9 Å². The SMILES string of the molecule is Cc1ccc([N+](=O)[O-])c(C)c1NC(=O)NC(CCO)C1CCCCC1. The van der Waals surface area contributed by atoms with Gasteiger partial charge >= 0.3 is 6.03 Å². The molecule has 0 aromatic heterocycles. The van der Waals surface area contributed by atoms with Gasteiger partial charge in [-0.25, -0.2) is 4.79 Å². The van der Waals surface area contributed by atoms with Gasteiger partial charge in [0.25, 0.3) is 5.69 Å². The Morgan fingerprint density at radius 2 is 2.00 bits per heavy atom. The van der Waals surface area contributed by atoms with Gasteiger partial charge in [0, 0.05) is 18.7 Å². The fraction of sp³-hybridized carbons (Fsp3) is 0.611. The molecule has 0 bridgehead atoms. The number of anilines is 1. The molecule has 1 fully saturated rings. The fourth-order valence-electron chi connectivity index (χ4n) is 3.65. The van der Waals surface area contributed by atoms with Crippen molar-refractivity contribution in [3.63, 3.8) is 0 Å². The van der Waals surface area contributed by atoms with E-state index in [1.807, 2.05) is 0 Å². The maximum Gasteiger partial charge on any atom is 0.319 e. The number of carbonyl (C=O) groups excluding carboxylic acids is 1. The van der Waals surface area contributed by atoms with E-state index in [1.54, 1.807) is 19.9 Å². The van der Waals surface area contributed by atoms with Crippen LogP contribution in [0.1, 0.15) is 49.7 Å². The molecule has 1 aliphatic carbocycles. The zero-order valence-corrected chi connectivity index (χ0v) is 14.9. The number of nitrogens with zero attached hydrogens (tertiary/aromatic N) is 1. The van der Waals surface area contributed by atoms with Gasteiger partial charge in [-0.3, -0.25) is 10.1 Å². The second kappa shape index (κ2) is 8.80. The predicted octanol–water partition coefficient (Wildman–Crippen LogP) is 3.66. The molecule has 0 heterocycles. The van der Waals surface area contributed by atoms with Crippen molar-refractivity contribution in [2.75, 3.05) is 11.9 Å². The lowest BCUT2D eigenvalue weighted by atomic mass is 9.83. The number of rotatable bonds is 6. The average Bonchev–Trinajstić information content (AvgIpc) is 2.58. The van der Waals surface area contributed by atoms with E-state index in [4.69, 9.17) is 0 Å². The fourth-order valence-corrected chi connectivity index (χ4v) is 3.65. The monoisotopic (exact) mass is 349 g/mol. The van der Waals surface area contributed by atoms with Crippen molar-refractivity contribution in [3.05, 3.63) is 33.4 Å². The number of aryl methyl sites for hydroxylation is 1. The Balaban J connectivity index is 2.10. The lowest BCUT2D eigenvalue weighted by Crippen LogP contribution is -2.44. The lowest BCUT2D eigenvalue weighted by molar-refractivity contribution is -0.385. The minimum absolute atomic E-state index is 0.0138. The highest BCUT2D eigenvalue weighted by Crippen LogP contribution is 2.30. The molecule has 0 saturated heterocycles. The molecule has 2 rings (SSSR count). The normalized spacial score (nSPS) is 16.3. The number of nitrogens with one attached hydrogen (secondary N) is 2. The van der Waals surface area contributed by atoms with E-state index in [-0.39, 0.29) is 24.4 Å². The van der Waals surface area contributed by atoms with Gasteiger partial charge in [-0.1, -0.05) is 25.3 Å². The van der Waals surface area contributed by atoms with Crippen molar-refractivity contribution in [2.24, 2.45) is 5.92 Å². The highest BCUT2D eigenvalue weighted by molar-refractivity contribution is 5.92. The van der Waals surface area contributed by atoms with Crippen molar-refractivity contribution in [1.82, 2.24) is 5.32 Å². The van der Waals surface area contributed by atoms with Gasteiger partial charge in [-0.15, -0.1) is 0 Å². The second-order valence-electron chi connectivity index (χ2n) is 6.77. The summed E-state index contributed by atoms with van der Waals surface area (Å²) in [5.74, 6) is 0.374. The molecule has 138 valence electrons. The van der Waals surface area contributed by atoms with Gasteiger partial charge in [0.15, 0.2) is 0 Å². The summed E-state index contributed by atoms with van der Waals surface area (Å²) in [6.45, 7) is 3.46. The number of aliphatic hydroxyl groups is 1. The first kappa shape index (κ1) is 19.2. The Kier molecular flexibility index (Phi) is 6.75. The number of hydrogen-bond donors (Lipinski definition) is 3. The second-order valence-corrected chi connectivity index (χ2v) is 6.77. The molecule has 1 unspecified atom stereocenters. The summed E-state index contributed by atoms with van der Waals surface area (Å²) in [4.78, 5) is 23.1. The largest absolute Gasteiger partial charge is 0.396 e. The highest BCUT2D eigenvalue weighted by Gasteiger charge is 2.25. The standard InChI is InChI=1S/C18H27N3O4/c1-12-8-9-16(21(24)25)13(2)17(12)20-18(23)19-15(10-11-22)14-6-4-3-5-7-14/h8-9,14-15,22H,3-7,10-11H2,1-2H3,(H2,19,20,23). The number of benzene rings is 1. The number of nitro groups is 1. The van der Waals surface area contributed by atoms with Crippen LogP contribution in [0.4, 0.5) is 16.2 Å². The van der Waals surface area contributed by atoms with Gasteiger partial charge in [-0.2, -0.15) is 0 Å². The molecule has 25 heavy (non-hydrogen) atoms. The van der Waals surface area contributed by atoms with Crippen LogP contribution in [0.25, 0.3) is 0 Å². The molecule has 0 radical (unpaired) electrons. The highest BCUT2D eigenvalue weighted by atomic mass is 16.6. The molecule has 0 spiro atoms. The van der Waals surface area contributed by atoms with Crippen LogP contribution in [0.15, 0.2) is 12.1 Å². The minimum atomic E-state index is -0.450. The lowest BCUT2D eigenvalue weighted by Gasteiger charge is -2.30. The van der Waals surface area contributed by atoms with Crippen molar-refractivity contribution >= 4 is 17.4 Å². The van der Waals surface area contributed by atoms with Crippen molar-refractivity contribution < 1.29 is 14.8 Å². The van der Waals surface area contributed by atoms with Crippen LogP contribution in [-0.2, 0) is 0 Å². The van der Waals surface area contributed by atoms with E-state index in [1.165, 1.54) is 12.5 Å². The van der Waals surface area contributed by atoms with Gasteiger partial charge in [0.2, 0.25) is 0 Å². The summed E-state index contributed by atoms with van der Waals surface area (Å²) >= 11 is 0. The molecule has 1 saturated carbocycles.